The van der Waals surface area contributed by atoms with Crippen LogP contribution < -0.4 is 14.8 Å². The number of aromatic nitrogens is 2. The van der Waals surface area contributed by atoms with Crippen molar-refractivity contribution in [3.05, 3.63) is 83.7 Å². The summed E-state index contributed by atoms with van der Waals surface area (Å²) in [4.78, 5) is 12.0. The fourth-order valence-electron chi connectivity index (χ4n) is 2.92. The number of benzene rings is 2. The molecule has 6 heteroatoms. The Hall–Kier alpha value is -3.54. The molecule has 0 atom stereocenters. The smallest absolute Gasteiger partial charge is 0.244 e. The van der Waals surface area contributed by atoms with Crippen LogP contribution in [0.2, 0.25) is 0 Å². The lowest BCUT2D eigenvalue weighted by Gasteiger charge is -2.12. The van der Waals surface area contributed by atoms with Crippen LogP contribution in [0.3, 0.4) is 0 Å². The summed E-state index contributed by atoms with van der Waals surface area (Å²) in [5.41, 5.74) is 3.06. The van der Waals surface area contributed by atoms with Gasteiger partial charge in [-0.2, -0.15) is 5.10 Å². The summed E-state index contributed by atoms with van der Waals surface area (Å²) >= 11 is 0. The van der Waals surface area contributed by atoms with Crippen LogP contribution in [0.1, 0.15) is 23.6 Å². The minimum absolute atomic E-state index is 0.131. The van der Waals surface area contributed by atoms with Gasteiger partial charge in [0.25, 0.3) is 0 Å². The van der Waals surface area contributed by atoms with Crippen LogP contribution in [-0.2, 0) is 24.4 Å². The van der Waals surface area contributed by atoms with Crippen molar-refractivity contribution in [2.75, 3.05) is 13.7 Å². The van der Waals surface area contributed by atoms with Gasteiger partial charge >= 0.3 is 0 Å². The third-order valence-electron chi connectivity index (χ3n) is 4.58. The van der Waals surface area contributed by atoms with E-state index in [1.165, 1.54) is 6.08 Å². The highest BCUT2D eigenvalue weighted by Gasteiger charge is 2.07. The van der Waals surface area contributed by atoms with Gasteiger partial charge in [-0.05, 0) is 42.7 Å². The molecule has 0 aliphatic heterocycles. The molecule has 0 aliphatic rings. The van der Waals surface area contributed by atoms with Crippen molar-refractivity contribution in [2.45, 2.75) is 26.5 Å². The molecule has 0 saturated carbocycles. The molecule has 3 rings (SSSR count). The number of ether oxygens (including phenoxy) is 2. The summed E-state index contributed by atoms with van der Waals surface area (Å²) in [6, 6.07) is 15.8. The maximum atomic E-state index is 12.0. The molecule has 30 heavy (non-hydrogen) atoms. The molecule has 1 aromatic heterocycles. The summed E-state index contributed by atoms with van der Waals surface area (Å²) in [7, 11) is 1.63. The van der Waals surface area contributed by atoms with Gasteiger partial charge in [0.15, 0.2) is 11.5 Å². The van der Waals surface area contributed by atoms with Gasteiger partial charge in [-0.3, -0.25) is 9.48 Å². The number of nitrogens with zero attached hydrogens (tertiary/aromatic N) is 2. The van der Waals surface area contributed by atoms with E-state index in [1.807, 2.05) is 66.3 Å². The third-order valence-corrected chi connectivity index (χ3v) is 4.58. The molecule has 1 amide bonds. The molecular formula is C24H27N3O3. The van der Waals surface area contributed by atoms with Gasteiger partial charge < -0.3 is 14.8 Å². The molecule has 6 nitrogen and oxygen atoms in total. The second-order valence-electron chi connectivity index (χ2n) is 6.76. The Morgan fingerprint density at radius 1 is 1.13 bits per heavy atom. The van der Waals surface area contributed by atoms with Crippen molar-refractivity contribution < 1.29 is 14.3 Å². The number of nitrogens with one attached hydrogen (secondary N) is 1. The van der Waals surface area contributed by atoms with E-state index in [9.17, 15) is 4.79 Å². The fourth-order valence-corrected chi connectivity index (χ4v) is 2.92. The quantitative estimate of drug-likeness (QED) is 0.520. The first-order valence-electron chi connectivity index (χ1n) is 10.00. The van der Waals surface area contributed by atoms with Crippen LogP contribution in [-0.4, -0.2) is 29.3 Å². The average molecular weight is 405 g/mol. The number of rotatable bonds is 10. The second kappa shape index (κ2) is 10.9. The van der Waals surface area contributed by atoms with Crippen molar-refractivity contribution in [1.29, 1.82) is 0 Å². The lowest BCUT2D eigenvalue weighted by atomic mass is 10.1. The highest BCUT2D eigenvalue weighted by molar-refractivity contribution is 5.91. The van der Waals surface area contributed by atoms with E-state index in [-0.39, 0.29) is 5.91 Å². The SMILES string of the molecule is CCn1cc(C=CC(=O)NCCc2ccc(OC)c(OCc3ccccc3)c2)cn1. The molecule has 156 valence electrons. The zero-order valence-electron chi connectivity index (χ0n) is 17.4. The number of amides is 1. The number of aryl methyl sites for hydroxylation is 1. The first-order chi connectivity index (χ1) is 14.7. The van der Waals surface area contributed by atoms with Gasteiger partial charge in [-0.1, -0.05) is 36.4 Å². The zero-order chi connectivity index (χ0) is 21.2. The molecule has 0 bridgehead atoms. The normalized spacial score (nSPS) is 10.9. The molecule has 0 fully saturated rings. The topological polar surface area (TPSA) is 65.4 Å². The number of hydrogen-bond acceptors (Lipinski definition) is 4. The molecule has 0 spiro atoms. The minimum atomic E-state index is -0.131. The second-order valence-corrected chi connectivity index (χ2v) is 6.76. The van der Waals surface area contributed by atoms with Gasteiger partial charge in [0, 0.05) is 30.9 Å². The maximum absolute atomic E-state index is 12.0. The Balaban J connectivity index is 1.51. The monoisotopic (exact) mass is 405 g/mol. The van der Waals surface area contributed by atoms with Crippen LogP contribution >= 0.6 is 0 Å². The minimum Gasteiger partial charge on any atom is -0.493 e. The maximum Gasteiger partial charge on any atom is 0.244 e. The predicted octanol–water partition coefficient (Wildman–Crippen LogP) is 3.86. The molecule has 3 aromatic rings. The summed E-state index contributed by atoms with van der Waals surface area (Å²) in [5, 5.41) is 7.09. The average Bonchev–Trinajstić information content (AvgIpc) is 3.25. The molecule has 0 saturated heterocycles. The van der Waals surface area contributed by atoms with Crippen molar-refractivity contribution >= 4 is 12.0 Å². The van der Waals surface area contributed by atoms with E-state index >= 15 is 0 Å². The highest BCUT2D eigenvalue weighted by Crippen LogP contribution is 2.29. The van der Waals surface area contributed by atoms with Crippen LogP contribution in [0.4, 0.5) is 0 Å². The van der Waals surface area contributed by atoms with Crippen LogP contribution in [0, 0.1) is 0 Å². The molecule has 1 N–H and O–H groups in total. The summed E-state index contributed by atoms with van der Waals surface area (Å²) < 4.78 is 13.2. The number of carbonyl (C=O) groups excluding carboxylic acids is 1. The lowest BCUT2D eigenvalue weighted by Crippen LogP contribution is -2.23. The van der Waals surface area contributed by atoms with Crippen molar-refractivity contribution in [2.24, 2.45) is 0 Å². The lowest BCUT2D eigenvalue weighted by molar-refractivity contribution is -0.116. The zero-order valence-corrected chi connectivity index (χ0v) is 17.4. The van der Waals surface area contributed by atoms with Crippen LogP contribution in [0.5, 0.6) is 11.5 Å². The Labute approximate surface area is 177 Å². The Kier molecular flexibility index (Phi) is 7.66. The Morgan fingerprint density at radius 3 is 2.70 bits per heavy atom. The summed E-state index contributed by atoms with van der Waals surface area (Å²) in [6.45, 7) is 3.82. The van der Waals surface area contributed by atoms with Crippen molar-refractivity contribution in [3.8, 4) is 11.5 Å². The first-order valence-corrected chi connectivity index (χ1v) is 10.00. The molecule has 1 heterocycles. The van der Waals surface area contributed by atoms with Gasteiger partial charge in [0.2, 0.25) is 5.91 Å². The van der Waals surface area contributed by atoms with Crippen molar-refractivity contribution in [1.82, 2.24) is 15.1 Å². The standard InChI is InChI=1S/C24H27N3O3/c1-3-27-17-21(16-26-27)10-12-24(28)25-14-13-19-9-11-22(29-2)23(15-19)30-18-20-7-5-4-6-8-20/h4-12,15-17H,3,13-14,18H2,1-2H3,(H,25,28). The number of methoxy groups -OCH3 is 1. The highest BCUT2D eigenvalue weighted by atomic mass is 16.5. The van der Waals surface area contributed by atoms with E-state index in [1.54, 1.807) is 19.4 Å². The van der Waals surface area contributed by atoms with Gasteiger partial charge in [-0.25, -0.2) is 0 Å². The summed E-state index contributed by atoms with van der Waals surface area (Å²) in [5.74, 6) is 1.25. The largest absolute Gasteiger partial charge is 0.493 e. The van der Waals surface area contributed by atoms with Crippen LogP contribution in [0.15, 0.2) is 67.0 Å². The summed E-state index contributed by atoms with van der Waals surface area (Å²) in [6.07, 6.45) is 7.62. The van der Waals surface area contributed by atoms with E-state index in [2.05, 4.69) is 10.4 Å². The number of carbonyl (C=O) groups is 1. The van der Waals surface area contributed by atoms with Crippen molar-refractivity contribution in [3.63, 3.8) is 0 Å². The van der Waals surface area contributed by atoms with Gasteiger partial charge in [0.1, 0.15) is 6.61 Å². The Morgan fingerprint density at radius 2 is 1.97 bits per heavy atom. The van der Waals surface area contributed by atoms with E-state index in [0.717, 1.165) is 23.2 Å². The molecule has 0 aliphatic carbocycles. The fraction of sp³-hybridized carbons (Fsp3) is 0.250. The molecule has 0 unspecified atom stereocenters. The first kappa shape index (κ1) is 21.2. The van der Waals surface area contributed by atoms with E-state index in [0.29, 0.717) is 31.1 Å². The third kappa shape index (κ3) is 6.24. The van der Waals surface area contributed by atoms with Gasteiger partial charge in [0.05, 0.1) is 13.3 Å². The Bertz CT molecular complexity index is 980. The van der Waals surface area contributed by atoms with Gasteiger partial charge in [-0.15, -0.1) is 0 Å². The molecule has 2 aromatic carbocycles. The number of hydrogen-bond donors (Lipinski definition) is 1. The van der Waals surface area contributed by atoms with E-state index < -0.39 is 0 Å². The molecular weight excluding hydrogens is 378 g/mol. The van der Waals surface area contributed by atoms with E-state index in [4.69, 9.17) is 9.47 Å². The predicted molar refractivity (Wildman–Crippen MR) is 117 cm³/mol. The molecule has 0 radical (unpaired) electrons. The van der Waals surface area contributed by atoms with Crippen LogP contribution in [0.25, 0.3) is 6.08 Å².